The van der Waals surface area contributed by atoms with Gasteiger partial charge in [-0.05, 0) is 64.3 Å². The van der Waals surface area contributed by atoms with Gasteiger partial charge in [0.05, 0.1) is 6.10 Å². The highest BCUT2D eigenvalue weighted by molar-refractivity contribution is 5.94. The number of hydrogen-bond acceptors (Lipinski definition) is 3. The Kier molecular flexibility index (Phi) is 5.83. The summed E-state index contributed by atoms with van der Waals surface area (Å²) in [5.74, 6) is -0.0129. The Morgan fingerprint density at radius 3 is 2.23 bits per heavy atom. The highest BCUT2D eigenvalue weighted by atomic mass is 16.3. The molecule has 1 aliphatic rings. The van der Waals surface area contributed by atoms with E-state index in [0.717, 1.165) is 13.1 Å². The predicted molar refractivity (Wildman–Crippen MR) is 90.4 cm³/mol. The van der Waals surface area contributed by atoms with Gasteiger partial charge in [-0.25, -0.2) is 0 Å². The maximum atomic E-state index is 12.6. The van der Waals surface area contributed by atoms with E-state index in [4.69, 9.17) is 0 Å². The molecule has 1 aromatic carbocycles. The first kappa shape index (κ1) is 16.8. The molecule has 2 rings (SSSR count). The summed E-state index contributed by atoms with van der Waals surface area (Å²) in [5, 5.41) is 9.58. The lowest BCUT2D eigenvalue weighted by Crippen LogP contribution is -2.41. The third-order valence-corrected chi connectivity index (χ3v) is 4.18. The number of amides is 1. The second-order valence-corrected chi connectivity index (χ2v) is 6.49. The van der Waals surface area contributed by atoms with E-state index >= 15 is 0 Å². The Bertz CT molecular complexity index is 476. The summed E-state index contributed by atoms with van der Waals surface area (Å²) in [6.07, 6.45) is 3.29. The SMILES string of the molecule is CC(O)CN(C(=O)c1ccc(N2CCCCC2)cc1)C(C)C. The topological polar surface area (TPSA) is 43.8 Å². The number of hydrogen-bond donors (Lipinski definition) is 1. The molecule has 1 aliphatic heterocycles. The maximum Gasteiger partial charge on any atom is 0.254 e. The number of anilines is 1. The van der Waals surface area contributed by atoms with Gasteiger partial charge in [-0.2, -0.15) is 0 Å². The van der Waals surface area contributed by atoms with Gasteiger partial charge in [0, 0.05) is 36.9 Å². The molecule has 1 amide bonds. The van der Waals surface area contributed by atoms with Gasteiger partial charge in [-0.15, -0.1) is 0 Å². The van der Waals surface area contributed by atoms with E-state index in [1.165, 1.54) is 24.9 Å². The number of aliphatic hydroxyl groups is 1. The molecule has 1 saturated heterocycles. The molecule has 0 aliphatic carbocycles. The minimum Gasteiger partial charge on any atom is -0.392 e. The molecule has 1 fully saturated rings. The van der Waals surface area contributed by atoms with Crippen molar-refractivity contribution in [1.29, 1.82) is 0 Å². The molecule has 0 spiro atoms. The molecule has 1 unspecified atom stereocenters. The predicted octanol–water partition coefficient (Wildman–Crippen LogP) is 2.91. The number of carbonyl (C=O) groups is 1. The van der Waals surface area contributed by atoms with E-state index in [2.05, 4.69) is 4.90 Å². The zero-order chi connectivity index (χ0) is 16.1. The fraction of sp³-hybridized carbons (Fsp3) is 0.611. The second-order valence-electron chi connectivity index (χ2n) is 6.49. The summed E-state index contributed by atoms with van der Waals surface area (Å²) in [4.78, 5) is 16.7. The van der Waals surface area contributed by atoms with Crippen molar-refractivity contribution in [3.8, 4) is 0 Å². The molecule has 0 radical (unpaired) electrons. The van der Waals surface area contributed by atoms with Crippen molar-refractivity contribution in [1.82, 2.24) is 4.90 Å². The fourth-order valence-corrected chi connectivity index (χ4v) is 2.95. The molecular formula is C18H28N2O2. The van der Waals surface area contributed by atoms with Crippen molar-refractivity contribution in [2.24, 2.45) is 0 Å². The largest absolute Gasteiger partial charge is 0.392 e. The van der Waals surface area contributed by atoms with Gasteiger partial charge < -0.3 is 14.9 Å². The van der Waals surface area contributed by atoms with Crippen LogP contribution in [0.25, 0.3) is 0 Å². The van der Waals surface area contributed by atoms with Crippen molar-refractivity contribution in [3.63, 3.8) is 0 Å². The van der Waals surface area contributed by atoms with Crippen LogP contribution in [0.4, 0.5) is 5.69 Å². The second kappa shape index (κ2) is 7.63. The quantitative estimate of drug-likeness (QED) is 0.909. The summed E-state index contributed by atoms with van der Waals surface area (Å²) >= 11 is 0. The first-order chi connectivity index (χ1) is 10.5. The zero-order valence-electron chi connectivity index (χ0n) is 14.0. The van der Waals surface area contributed by atoms with Crippen LogP contribution in [-0.2, 0) is 0 Å². The molecule has 1 N–H and O–H groups in total. The maximum absolute atomic E-state index is 12.6. The monoisotopic (exact) mass is 304 g/mol. The number of piperidine rings is 1. The van der Waals surface area contributed by atoms with Crippen LogP contribution < -0.4 is 4.90 Å². The van der Waals surface area contributed by atoms with Crippen LogP contribution in [0.1, 0.15) is 50.4 Å². The van der Waals surface area contributed by atoms with Crippen molar-refractivity contribution in [3.05, 3.63) is 29.8 Å². The molecule has 0 bridgehead atoms. The van der Waals surface area contributed by atoms with Crippen LogP contribution in [0.5, 0.6) is 0 Å². The van der Waals surface area contributed by atoms with Crippen molar-refractivity contribution in [2.75, 3.05) is 24.5 Å². The van der Waals surface area contributed by atoms with E-state index in [1.807, 2.05) is 38.1 Å². The van der Waals surface area contributed by atoms with Gasteiger partial charge in [0.15, 0.2) is 0 Å². The van der Waals surface area contributed by atoms with E-state index in [9.17, 15) is 9.90 Å². The Balaban J connectivity index is 2.09. The molecule has 1 atom stereocenters. The van der Waals surface area contributed by atoms with Crippen molar-refractivity contribution >= 4 is 11.6 Å². The van der Waals surface area contributed by atoms with E-state index in [0.29, 0.717) is 12.1 Å². The number of aliphatic hydroxyl groups excluding tert-OH is 1. The third-order valence-electron chi connectivity index (χ3n) is 4.18. The summed E-state index contributed by atoms with van der Waals surface area (Å²) < 4.78 is 0. The normalized spacial score (nSPS) is 16.7. The molecule has 0 aromatic heterocycles. The number of nitrogens with zero attached hydrogens (tertiary/aromatic N) is 2. The van der Waals surface area contributed by atoms with Crippen LogP contribution in [0.3, 0.4) is 0 Å². The zero-order valence-corrected chi connectivity index (χ0v) is 14.0. The van der Waals surface area contributed by atoms with Crippen LogP contribution in [0.2, 0.25) is 0 Å². The van der Waals surface area contributed by atoms with Gasteiger partial charge in [0.1, 0.15) is 0 Å². The van der Waals surface area contributed by atoms with Crippen molar-refractivity contribution in [2.45, 2.75) is 52.2 Å². The molecule has 1 aromatic rings. The lowest BCUT2D eigenvalue weighted by atomic mass is 10.1. The Morgan fingerprint density at radius 2 is 1.73 bits per heavy atom. The first-order valence-electron chi connectivity index (χ1n) is 8.33. The molecule has 122 valence electrons. The summed E-state index contributed by atoms with van der Waals surface area (Å²) in [6.45, 7) is 8.23. The van der Waals surface area contributed by atoms with Crippen LogP contribution in [-0.4, -0.2) is 47.7 Å². The van der Waals surface area contributed by atoms with E-state index < -0.39 is 6.10 Å². The Hall–Kier alpha value is -1.55. The number of carbonyl (C=O) groups excluding carboxylic acids is 1. The van der Waals surface area contributed by atoms with Gasteiger partial charge in [-0.3, -0.25) is 4.79 Å². The average Bonchev–Trinajstić information content (AvgIpc) is 2.52. The van der Waals surface area contributed by atoms with Gasteiger partial charge in [-0.1, -0.05) is 0 Å². The van der Waals surface area contributed by atoms with Gasteiger partial charge in [0.25, 0.3) is 5.91 Å². The summed E-state index contributed by atoms with van der Waals surface area (Å²) in [5.41, 5.74) is 1.89. The lowest BCUT2D eigenvalue weighted by molar-refractivity contribution is 0.0579. The fourth-order valence-electron chi connectivity index (χ4n) is 2.95. The minimum atomic E-state index is -0.515. The average molecular weight is 304 g/mol. The highest BCUT2D eigenvalue weighted by Crippen LogP contribution is 2.21. The smallest absolute Gasteiger partial charge is 0.254 e. The van der Waals surface area contributed by atoms with Crippen LogP contribution >= 0.6 is 0 Å². The van der Waals surface area contributed by atoms with E-state index in [-0.39, 0.29) is 11.9 Å². The minimum absolute atomic E-state index is 0.0129. The lowest BCUT2D eigenvalue weighted by Gasteiger charge is -2.30. The molecule has 4 heteroatoms. The number of rotatable bonds is 5. The molecular weight excluding hydrogens is 276 g/mol. The standard InChI is InChI=1S/C18H28N2O2/c1-14(2)20(13-15(3)21)18(22)16-7-9-17(10-8-16)19-11-5-4-6-12-19/h7-10,14-15,21H,4-6,11-13H2,1-3H3. The van der Waals surface area contributed by atoms with Crippen molar-refractivity contribution < 1.29 is 9.90 Å². The summed E-state index contributed by atoms with van der Waals surface area (Å²) in [7, 11) is 0. The van der Waals surface area contributed by atoms with Crippen LogP contribution in [0, 0.1) is 0 Å². The Labute approximate surface area is 133 Å². The highest BCUT2D eigenvalue weighted by Gasteiger charge is 2.20. The molecule has 4 nitrogen and oxygen atoms in total. The van der Waals surface area contributed by atoms with E-state index in [1.54, 1.807) is 11.8 Å². The van der Waals surface area contributed by atoms with Gasteiger partial charge >= 0.3 is 0 Å². The Morgan fingerprint density at radius 1 is 1.14 bits per heavy atom. The first-order valence-corrected chi connectivity index (χ1v) is 8.33. The third kappa shape index (κ3) is 4.23. The van der Waals surface area contributed by atoms with Gasteiger partial charge in [0.2, 0.25) is 0 Å². The molecule has 1 heterocycles. The number of benzene rings is 1. The van der Waals surface area contributed by atoms with Crippen LogP contribution in [0.15, 0.2) is 24.3 Å². The molecule has 0 saturated carbocycles. The summed E-state index contributed by atoms with van der Waals surface area (Å²) in [6, 6.07) is 7.97. The molecule has 22 heavy (non-hydrogen) atoms.